The summed E-state index contributed by atoms with van der Waals surface area (Å²) < 4.78 is 6.33. The minimum Gasteiger partial charge on any atom is -0.480 e. The zero-order valence-electron chi connectivity index (χ0n) is 11.2. The molecule has 0 amide bonds. The van der Waals surface area contributed by atoms with Crippen LogP contribution in [0.3, 0.4) is 0 Å². The summed E-state index contributed by atoms with van der Waals surface area (Å²) in [4.78, 5) is 9.16. The van der Waals surface area contributed by atoms with Crippen molar-refractivity contribution in [3.63, 3.8) is 0 Å². The first kappa shape index (κ1) is 13.0. The predicted molar refractivity (Wildman–Crippen MR) is 79.1 cm³/mol. The smallest absolute Gasteiger partial charge is 0.238 e. The SMILES string of the molecule is COc1nccnc1C(C)(O)c1cc2ccccc2s1. The summed E-state index contributed by atoms with van der Waals surface area (Å²) >= 11 is 1.54. The summed E-state index contributed by atoms with van der Waals surface area (Å²) in [5.41, 5.74) is -0.808. The molecule has 102 valence electrons. The maximum atomic E-state index is 10.9. The van der Waals surface area contributed by atoms with E-state index in [0.717, 1.165) is 15.0 Å². The van der Waals surface area contributed by atoms with Crippen LogP contribution in [-0.4, -0.2) is 22.2 Å². The monoisotopic (exact) mass is 286 g/mol. The van der Waals surface area contributed by atoms with Gasteiger partial charge in [0.25, 0.3) is 0 Å². The predicted octanol–water partition coefficient (Wildman–Crippen LogP) is 2.96. The number of methoxy groups -OCH3 is 1. The van der Waals surface area contributed by atoms with E-state index in [9.17, 15) is 5.11 Å². The van der Waals surface area contributed by atoms with Crippen LogP contribution in [0.25, 0.3) is 10.1 Å². The number of benzene rings is 1. The quantitative estimate of drug-likeness (QED) is 0.804. The van der Waals surface area contributed by atoms with E-state index >= 15 is 0 Å². The number of rotatable bonds is 3. The van der Waals surface area contributed by atoms with Crippen molar-refractivity contribution in [1.82, 2.24) is 9.97 Å². The van der Waals surface area contributed by atoms with E-state index in [1.165, 1.54) is 7.11 Å². The van der Waals surface area contributed by atoms with Gasteiger partial charge in [-0.1, -0.05) is 18.2 Å². The number of thiophene rings is 1. The molecule has 0 bridgehead atoms. The zero-order chi connectivity index (χ0) is 14.2. The third-order valence-electron chi connectivity index (χ3n) is 3.22. The Bertz CT molecular complexity index is 719. The second kappa shape index (κ2) is 4.85. The lowest BCUT2D eigenvalue weighted by Gasteiger charge is -2.22. The van der Waals surface area contributed by atoms with Crippen LogP contribution in [0.2, 0.25) is 0 Å². The molecule has 0 aliphatic heterocycles. The van der Waals surface area contributed by atoms with Gasteiger partial charge in [-0.25, -0.2) is 4.98 Å². The molecule has 0 spiro atoms. The van der Waals surface area contributed by atoms with Gasteiger partial charge in [0.2, 0.25) is 5.88 Å². The second-order valence-electron chi connectivity index (χ2n) is 4.63. The summed E-state index contributed by atoms with van der Waals surface area (Å²) in [5, 5.41) is 12.0. The lowest BCUT2D eigenvalue weighted by atomic mass is 9.99. The standard InChI is InChI=1S/C15H14N2O2S/c1-15(18,13-14(19-2)17-8-7-16-13)12-9-10-5-3-4-6-11(10)20-12/h3-9,18H,1-2H3. The molecule has 1 N–H and O–H groups in total. The molecule has 5 heteroatoms. The number of nitrogens with zero attached hydrogens (tertiary/aromatic N) is 2. The summed E-state index contributed by atoms with van der Waals surface area (Å²) in [7, 11) is 1.52. The summed E-state index contributed by atoms with van der Waals surface area (Å²) in [6, 6.07) is 10.0. The van der Waals surface area contributed by atoms with Gasteiger partial charge in [0, 0.05) is 22.0 Å². The van der Waals surface area contributed by atoms with Crippen LogP contribution in [0, 0.1) is 0 Å². The highest BCUT2D eigenvalue weighted by molar-refractivity contribution is 7.19. The molecular weight excluding hydrogens is 272 g/mol. The Kier molecular flexibility index (Phi) is 3.16. The molecule has 0 aliphatic carbocycles. The minimum atomic E-state index is -1.23. The molecule has 0 radical (unpaired) electrons. The number of hydrogen-bond donors (Lipinski definition) is 1. The van der Waals surface area contributed by atoms with E-state index in [1.807, 2.05) is 30.3 Å². The number of ether oxygens (including phenoxy) is 1. The molecule has 0 saturated carbocycles. The summed E-state index contributed by atoms with van der Waals surface area (Å²) in [5.74, 6) is 0.343. The normalized spacial score (nSPS) is 14.2. The highest BCUT2D eigenvalue weighted by atomic mass is 32.1. The highest BCUT2D eigenvalue weighted by Crippen LogP contribution is 2.38. The van der Waals surface area contributed by atoms with Crippen LogP contribution in [0.4, 0.5) is 0 Å². The number of hydrogen-bond acceptors (Lipinski definition) is 5. The van der Waals surface area contributed by atoms with Crippen LogP contribution in [-0.2, 0) is 5.60 Å². The van der Waals surface area contributed by atoms with E-state index in [4.69, 9.17) is 4.74 Å². The molecular formula is C15H14N2O2S. The average Bonchev–Trinajstić information content (AvgIpc) is 2.92. The Hall–Kier alpha value is -1.98. The molecule has 1 aromatic carbocycles. The Morgan fingerprint density at radius 3 is 2.70 bits per heavy atom. The molecule has 1 unspecified atom stereocenters. The van der Waals surface area contributed by atoms with Gasteiger partial charge in [0.15, 0.2) is 0 Å². The molecule has 2 heterocycles. The number of aromatic nitrogens is 2. The Morgan fingerprint density at radius 1 is 1.20 bits per heavy atom. The van der Waals surface area contributed by atoms with E-state index in [2.05, 4.69) is 9.97 Å². The van der Waals surface area contributed by atoms with Crippen LogP contribution >= 0.6 is 11.3 Å². The first-order valence-corrected chi connectivity index (χ1v) is 7.01. The fraction of sp³-hybridized carbons (Fsp3) is 0.200. The van der Waals surface area contributed by atoms with E-state index in [0.29, 0.717) is 11.6 Å². The summed E-state index contributed by atoms with van der Waals surface area (Å²) in [6.07, 6.45) is 3.10. The molecule has 0 saturated heterocycles. The lowest BCUT2D eigenvalue weighted by molar-refractivity contribution is 0.0969. The molecule has 0 aliphatic rings. The van der Waals surface area contributed by atoms with Crippen molar-refractivity contribution in [2.24, 2.45) is 0 Å². The summed E-state index contributed by atoms with van der Waals surface area (Å²) in [6.45, 7) is 1.71. The molecule has 4 nitrogen and oxygen atoms in total. The van der Waals surface area contributed by atoms with E-state index in [1.54, 1.807) is 30.7 Å². The first-order chi connectivity index (χ1) is 9.63. The van der Waals surface area contributed by atoms with Crippen LogP contribution in [0.15, 0.2) is 42.7 Å². The highest BCUT2D eigenvalue weighted by Gasteiger charge is 2.33. The molecule has 3 aromatic rings. The number of aliphatic hydroxyl groups is 1. The fourth-order valence-corrected chi connectivity index (χ4v) is 3.26. The van der Waals surface area contributed by atoms with Crippen LogP contribution in [0.5, 0.6) is 5.88 Å². The molecule has 1 atom stereocenters. The van der Waals surface area contributed by atoms with Gasteiger partial charge in [-0.15, -0.1) is 11.3 Å². The Labute approximate surface area is 120 Å². The fourth-order valence-electron chi connectivity index (χ4n) is 2.15. The topological polar surface area (TPSA) is 55.2 Å². The van der Waals surface area contributed by atoms with Crippen LogP contribution in [0.1, 0.15) is 17.5 Å². The number of fused-ring (bicyclic) bond motifs is 1. The van der Waals surface area contributed by atoms with E-state index < -0.39 is 5.60 Å². The van der Waals surface area contributed by atoms with Gasteiger partial charge in [0.05, 0.1) is 7.11 Å². The van der Waals surface area contributed by atoms with Gasteiger partial charge in [-0.05, 0) is 24.4 Å². The van der Waals surface area contributed by atoms with E-state index in [-0.39, 0.29) is 0 Å². The largest absolute Gasteiger partial charge is 0.480 e. The van der Waals surface area contributed by atoms with Crippen molar-refractivity contribution >= 4 is 21.4 Å². The van der Waals surface area contributed by atoms with Crippen molar-refractivity contribution in [2.75, 3.05) is 7.11 Å². The van der Waals surface area contributed by atoms with Crippen molar-refractivity contribution in [3.8, 4) is 5.88 Å². The van der Waals surface area contributed by atoms with Crippen molar-refractivity contribution in [3.05, 3.63) is 53.3 Å². The van der Waals surface area contributed by atoms with Crippen molar-refractivity contribution in [1.29, 1.82) is 0 Å². The van der Waals surface area contributed by atoms with Gasteiger partial charge >= 0.3 is 0 Å². The molecule has 2 aromatic heterocycles. The first-order valence-electron chi connectivity index (χ1n) is 6.20. The maximum Gasteiger partial charge on any atom is 0.238 e. The second-order valence-corrected chi connectivity index (χ2v) is 5.72. The van der Waals surface area contributed by atoms with Gasteiger partial charge in [0.1, 0.15) is 11.3 Å². The van der Waals surface area contributed by atoms with Crippen molar-refractivity contribution < 1.29 is 9.84 Å². The third-order valence-corrected chi connectivity index (χ3v) is 4.55. The van der Waals surface area contributed by atoms with Crippen molar-refractivity contribution in [2.45, 2.75) is 12.5 Å². The molecule has 3 rings (SSSR count). The zero-order valence-corrected chi connectivity index (χ0v) is 12.0. The Morgan fingerprint density at radius 2 is 1.95 bits per heavy atom. The maximum absolute atomic E-state index is 10.9. The minimum absolute atomic E-state index is 0.343. The van der Waals surface area contributed by atoms with Gasteiger partial charge < -0.3 is 9.84 Å². The van der Waals surface area contributed by atoms with Gasteiger partial charge in [-0.2, -0.15) is 0 Å². The molecule has 20 heavy (non-hydrogen) atoms. The van der Waals surface area contributed by atoms with Gasteiger partial charge in [-0.3, -0.25) is 4.98 Å². The average molecular weight is 286 g/mol. The molecule has 0 fully saturated rings. The van der Waals surface area contributed by atoms with Crippen LogP contribution < -0.4 is 4.74 Å². The lowest BCUT2D eigenvalue weighted by Crippen LogP contribution is -2.24. The third kappa shape index (κ3) is 2.05. The Balaban J connectivity index is 2.15.